The molecule has 2 amide bonds. The topological polar surface area (TPSA) is 71.1 Å². The van der Waals surface area contributed by atoms with Crippen LogP contribution in [0.5, 0.6) is 0 Å². The van der Waals surface area contributed by atoms with Crippen LogP contribution in [0.2, 0.25) is 0 Å². The Bertz CT molecular complexity index is 984. The van der Waals surface area contributed by atoms with Gasteiger partial charge in [-0.15, -0.1) is 11.3 Å². The number of hydrogen-bond acceptors (Lipinski definition) is 4. The molecule has 0 radical (unpaired) electrons. The van der Waals surface area contributed by atoms with Crippen LogP contribution < -0.4 is 10.6 Å². The van der Waals surface area contributed by atoms with Crippen LogP contribution >= 0.6 is 11.3 Å². The van der Waals surface area contributed by atoms with E-state index in [9.17, 15) is 9.59 Å². The first-order valence-electron chi connectivity index (χ1n) is 10.3. The monoisotopic (exact) mass is 419 g/mol. The molecule has 1 unspecified atom stereocenters. The third-order valence-electron chi connectivity index (χ3n) is 5.00. The number of nitrogens with one attached hydrogen (secondary N) is 2. The molecule has 1 saturated carbocycles. The summed E-state index contributed by atoms with van der Waals surface area (Å²) in [4.78, 5) is 29.9. The molecule has 1 fully saturated rings. The lowest BCUT2D eigenvalue weighted by molar-refractivity contribution is -0.128. The van der Waals surface area contributed by atoms with Crippen molar-refractivity contribution >= 4 is 23.2 Å². The molecule has 6 heteroatoms. The lowest BCUT2D eigenvalue weighted by Gasteiger charge is -2.18. The van der Waals surface area contributed by atoms with Gasteiger partial charge in [-0.1, -0.05) is 60.7 Å². The van der Waals surface area contributed by atoms with Crippen molar-refractivity contribution in [1.29, 1.82) is 0 Å². The highest BCUT2D eigenvalue weighted by Crippen LogP contribution is 2.19. The zero-order valence-corrected chi connectivity index (χ0v) is 17.5. The Hall–Kier alpha value is -2.99. The van der Waals surface area contributed by atoms with Gasteiger partial charge in [0, 0.05) is 24.3 Å². The van der Waals surface area contributed by atoms with Crippen molar-refractivity contribution in [2.45, 2.75) is 44.2 Å². The van der Waals surface area contributed by atoms with Crippen LogP contribution in [0.1, 0.15) is 34.7 Å². The molecule has 0 bridgehead atoms. The van der Waals surface area contributed by atoms with Crippen LogP contribution in [-0.4, -0.2) is 28.9 Å². The van der Waals surface area contributed by atoms with E-state index in [0.29, 0.717) is 6.42 Å². The molecule has 5 nitrogen and oxygen atoms in total. The molecular formula is C24H25N3O2S. The predicted octanol–water partition coefficient (Wildman–Crippen LogP) is 3.28. The summed E-state index contributed by atoms with van der Waals surface area (Å²) in [5, 5.41) is 8.83. The van der Waals surface area contributed by atoms with E-state index in [1.807, 2.05) is 53.9 Å². The van der Waals surface area contributed by atoms with Crippen molar-refractivity contribution in [2.75, 3.05) is 0 Å². The van der Waals surface area contributed by atoms with Gasteiger partial charge in [-0.25, -0.2) is 4.98 Å². The van der Waals surface area contributed by atoms with Gasteiger partial charge in [0.1, 0.15) is 6.04 Å². The lowest BCUT2D eigenvalue weighted by atomic mass is 10.0. The first-order chi connectivity index (χ1) is 14.7. The summed E-state index contributed by atoms with van der Waals surface area (Å²) in [7, 11) is 0. The fourth-order valence-corrected chi connectivity index (χ4v) is 4.11. The number of amides is 2. The Labute approximate surface area is 180 Å². The van der Waals surface area contributed by atoms with Crippen LogP contribution in [0.4, 0.5) is 0 Å². The van der Waals surface area contributed by atoms with Crippen LogP contribution in [0, 0.1) is 0 Å². The van der Waals surface area contributed by atoms with Crippen LogP contribution in [0.15, 0.2) is 66.0 Å². The summed E-state index contributed by atoms with van der Waals surface area (Å²) < 4.78 is 0. The molecule has 154 valence electrons. The van der Waals surface area contributed by atoms with Gasteiger partial charge in [0.25, 0.3) is 0 Å². The van der Waals surface area contributed by atoms with E-state index in [1.54, 1.807) is 11.3 Å². The zero-order valence-electron chi connectivity index (χ0n) is 16.7. The van der Waals surface area contributed by atoms with Gasteiger partial charge >= 0.3 is 0 Å². The Balaban J connectivity index is 1.36. The minimum atomic E-state index is -0.581. The Morgan fingerprint density at radius 2 is 1.67 bits per heavy atom. The molecule has 1 aromatic heterocycles. The molecule has 1 aliphatic rings. The fraction of sp³-hybridized carbons (Fsp3) is 0.292. The van der Waals surface area contributed by atoms with Gasteiger partial charge in [-0.3, -0.25) is 9.59 Å². The molecule has 0 spiro atoms. The minimum absolute atomic E-state index is 0.113. The number of carbonyl (C=O) groups is 2. The lowest BCUT2D eigenvalue weighted by Crippen LogP contribution is -2.49. The molecule has 0 aliphatic heterocycles. The van der Waals surface area contributed by atoms with Gasteiger partial charge in [0.05, 0.1) is 17.1 Å². The van der Waals surface area contributed by atoms with Crippen molar-refractivity contribution in [3.8, 4) is 0 Å². The van der Waals surface area contributed by atoms with E-state index in [1.165, 1.54) is 5.56 Å². The molecule has 2 N–H and O–H groups in total. The maximum absolute atomic E-state index is 12.7. The summed E-state index contributed by atoms with van der Waals surface area (Å²) in [6, 6.07) is 19.6. The number of rotatable bonds is 9. The summed E-state index contributed by atoms with van der Waals surface area (Å²) in [5.41, 5.74) is 2.96. The van der Waals surface area contributed by atoms with Gasteiger partial charge in [0.2, 0.25) is 11.8 Å². The number of aromatic nitrogens is 1. The minimum Gasteiger partial charge on any atom is -0.352 e. The van der Waals surface area contributed by atoms with Crippen LogP contribution in [0.3, 0.4) is 0 Å². The maximum atomic E-state index is 12.7. The standard InChI is InChI=1S/C24H25N3O2S/c28-22(15-20-16-30-23(25-20)14-18-9-5-2-6-10-18)27-21(24(29)26-19-11-12-19)13-17-7-3-1-4-8-17/h1-10,16,19,21H,11-15H2,(H,26,29)(H,27,28). The van der Waals surface area contributed by atoms with Gasteiger partial charge in [-0.05, 0) is 24.0 Å². The van der Waals surface area contributed by atoms with E-state index >= 15 is 0 Å². The van der Waals surface area contributed by atoms with Crippen molar-refractivity contribution < 1.29 is 9.59 Å². The number of carbonyl (C=O) groups excluding carboxylic acids is 2. The molecule has 3 aromatic rings. The van der Waals surface area contributed by atoms with Gasteiger partial charge in [-0.2, -0.15) is 0 Å². The van der Waals surface area contributed by atoms with E-state index in [2.05, 4.69) is 27.8 Å². The maximum Gasteiger partial charge on any atom is 0.243 e. The number of benzene rings is 2. The number of thiazole rings is 1. The third kappa shape index (κ3) is 6.00. The van der Waals surface area contributed by atoms with E-state index in [0.717, 1.165) is 35.5 Å². The van der Waals surface area contributed by atoms with E-state index < -0.39 is 6.04 Å². The average molecular weight is 420 g/mol. The highest BCUT2D eigenvalue weighted by molar-refractivity contribution is 7.09. The molecule has 4 rings (SSSR count). The Kier molecular flexibility index (Phi) is 6.54. The second-order valence-electron chi connectivity index (χ2n) is 7.66. The van der Waals surface area contributed by atoms with Crippen molar-refractivity contribution in [3.63, 3.8) is 0 Å². The predicted molar refractivity (Wildman–Crippen MR) is 118 cm³/mol. The molecule has 1 heterocycles. The SMILES string of the molecule is O=C(Cc1csc(Cc2ccccc2)n1)NC(Cc1ccccc1)C(=O)NC1CC1. The molecule has 1 aliphatic carbocycles. The van der Waals surface area contributed by atoms with Crippen LogP contribution in [-0.2, 0) is 28.9 Å². The smallest absolute Gasteiger partial charge is 0.243 e. The molecule has 2 aromatic carbocycles. The van der Waals surface area contributed by atoms with Crippen molar-refractivity contribution in [2.24, 2.45) is 0 Å². The Morgan fingerprint density at radius 3 is 2.33 bits per heavy atom. The molecular weight excluding hydrogens is 394 g/mol. The second-order valence-corrected chi connectivity index (χ2v) is 8.61. The quantitative estimate of drug-likeness (QED) is 0.559. The molecule has 0 saturated heterocycles. The first-order valence-corrected chi connectivity index (χ1v) is 11.1. The summed E-state index contributed by atoms with van der Waals surface area (Å²) in [6.45, 7) is 0. The molecule has 1 atom stereocenters. The van der Waals surface area contributed by atoms with Crippen molar-refractivity contribution in [3.05, 3.63) is 87.9 Å². The zero-order chi connectivity index (χ0) is 20.8. The first kappa shape index (κ1) is 20.3. The number of nitrogens with zero attached hydrogens (tertiary/aromatic N) is 1. The van der Waals surface area contributed by atoms with Crippen LogP contribution in [0.25, 0.3) is 0 Å². The summed E-state index contributed by atoms with van der Waals surface area (Å²) in [6.07, 6.45) is 3.43. The average Bonchev–Trinajstić information content (AvgIpc) is 3.46. The summed E-state index contributed by atoms with van der Waals surface area (Å²) >= 11 is 1.56. The van der Waals surface area contributed by atoms with E-state index in [4.69, 9.17) is 0 Å². The number of hydrogen-bond donors (Lipinski definition) is 2. The largest absolute Gasteiger partial charge is 0.352 e. The molecule has 30 heavy (non-hydrogen) atoms. The highest BCUT2D eigenvalue weighted by Gasteiger charge is 2.28. The van der Waals surface area contributed by atoms with Gasteiger partial charge < -0.3 is 10.6 Å². The normalized spacial score (nSPS) is 14.1. The fourth-order valence-electron chi connectivity index (χ4n) is 3.28. The highest BCUT2D eigenvalue weighted by atomic mass is 32.1. The van der Waals surface area contributed by atoms with E-state index in [-0.39, 0.29) is 24.3 Å². The third-order valence-corrected chi connectivity index (χ3v) is 5.89. The van der Waals surface area contributed by atoms with Crippen molar-refractivity contribution in [1.82, 2.24) is 15.6 Å². The Morgan fingerprint density at radius 1 is 1.00 bits per heavy atom. The summed E-state index contributed by atoms with van der Waals surface area (Å²) in [5.74, 6) is -0.295. The van der Waals surface area contributed by atoms with Gasteiger partial charge in [0.15, 0.2) is 0 Å². The second kappa shape index (κ2) is 9.67.